The summed E-state index contributed by atoms with van der Waals surface area (Å²) in [7, 11) is 0. The molecule has 2 aromatic rings. The van der Waals surface area contributed by atoms with Crippen LogP contribution in [-0.4, -0.2) is 9.97 Å². The molecule has 2 aromatic heterocycles. The normalized spacial score (nSPS) is 11.2. The Morgan fingerprint density at radius 1 is 1.24 bits per heavy atom. The summed E-state index contributed by atoms with van der Waals surface area (Å²) in [5, 5.41) is 0.419. The van der Waals surface area contributed by atoms with Crippen LogP contribution in [0, 0.1) is 0 Å². The lowest BCUT2D eigenvalue weighted by Crippen LogP contribution is -1.97. The van der Waals surface area contributed by atoms with Gasteiger partial charge in [0, 0.05) is 11.8 Å². The van der Waals surface area contributed by atoms with Crippen molar-refractivity contribution in [1.82, 2.24) is 9.97 Å². The third-order valence-corrected chi connectivity index (χ3v) is 4.08. The molecule has 0 fully saturated rings. The van der Waals surface area contributed by atoms with E-state index in [-0.39, 0.29) is 5.92 Å². The van der Waals surface area contributed by atoms with Crippen molar-refractivity contribution in [3.63, 3.8) is 0 Å². The number of furan rings is 1. The fourth-order valence-electron chi connectivity index (χ4n) is 1.30. The van der Waals surface area contributed by atoms with Crippen molar-refractivity contribution >= 4 is 43.5 Å². The topological polar surface area (TPSA) is 38.9 Å². The van der Waals surface area contributed by atoms with Gasteiger partial charge in [0.25, 0.3) is 0 Å². The summed E-state index contributed by atoms with van der Waals surface area (Å²) in [5.74, 6) is 1.36. The first-order valence-corrected chi connectivity index (χ1v) is 6.93. The van der Waals surface area contributed by atoms with Crippen LogP contribution in [0.25, 0.3) is 11.6 Å². The predicted molar refractivity (Wildman–Crippen MR) is 74.2 cm³/mol. The van der Waals surface area contributed by atoms with Gasteiger partial charge in [-0.25, -0.2) is 9.97 Å². The third kappa shape index (κ3) is 2.89. The van der Waals surface area contributed by atoms with Crippen LogP contribution in [0.15, 0.2) is 25.7 Å². The van der Waals surface area contributed by atoms with E-state index in [1.54, 1.807) is 12.1 Å². The SMILES string of the molecule is CC(C)c1cc(Cl)nc(-c2cc(Br)c(Br)o2)n1. The minimum Gasteiger partial charge on any atom is -0.445 e. The number of nitrogens with zero attached hydrogens (tertiary/aromatic N) is 2. The first-order valence-electron chi connectivity index (χ1n) is 4.97. The highest BCUT2D eigenvalue weighted by Crippen LogP contribution is 2.32. The number of hydrogen-bond donors (Lipinski definition) is 0. The van der Waals surface area contributed by atoms with Crippen LogP contribution < -0.4 is 0 Å². The van der Waals surface area contributed by atoms with Crippen molar-refractivity contribution in [2.75, 3.05) is 0 Å². The van der Waals surface area contributed by atoms with Gasteiger partial charge < -0.3 is 4.42 Å². The highest BCUT2D eigenvalue weighted by molar-refractivity contribution is 9.13. The van der Waals surface area contributed by atoms with E-state index < -0.39 is 0 Å². The van der Waals surface area contributed by atoms with Gasteiger partial charge in [0.2, 0.25) is 0 Å². The zero-order chi connectivity index (χ0) is 12.6. The van der Waals surface area contributed by atoms with Gasteiger partial charge in [-0.05, 0) is 43.8 Å². The van der Waals surface area contributed by atoms with E-state index in [0.29, 0.717) is 21.4 Å². The molecule has 0 aliphatic heterocycles. The summed E-state index contributed by atoms with van der Waals surface area (Å²) in [6.07, 6.45) is 0. The van der Waals surface area contributed by atoms with Crippen LogP contribution >= 0.6 is 43.5 Å². The fraction of sp³-hybridized carbons (Fsp3) is 0.273. The molecule has 0 saturated carbocycles. The Morgan fingerprint density at radius 2 is 1.94 bits per heavy atom. The van der Waals surface area contributed by atoms with Gasteiger partial charge in [0.1, 0.15) is 5.15 Å². The summed E-state index contributed by atoms with van der Waals surface area (Å²) >= 11 is 12.6. The van der Waals surface area contributed by atoms with E-state index >= 15 is 0 Å². The van der Waals surface area contributed by atoms with E-state index in [1.807, 2.05) is 0 Å². The highest BCUT2D eigenvalue weighted by atomic mass is 79.9. The molecule has 6 heteroatoms. The minimum absolute atomic E-state index is 0.288. The van der Waals surface area contributed by atoms with Crippen LogP contribution in [0.1, 0.15) is 25.5 Å². The Morgan fingerprint density at radius 3 is 2.47 bits per heavy atom. The lowest BCUT2D eigenvalue weighted by atomic mass is 10.1. The fourth-order valence-corrected chi connectivity index (χ4v) is 2.07. The molecule has 0 aliphatic carbocycles. The molecule has 0 N–H and O–H groups in total. The van der Waals surface area contributed by atoms with E-state index in [4.69, 9.17) is 16.0 Å². The Hall–Kier alpha value is -0.390. The molecule has 2 rings (SSSR count). The highest BCUT2D eigenvalue weighted by Gasteiger charge is 2.14. The predicted octanol–water partition coefficient (Wildman–Crippen LogP) is 5.04. The van der Waals surface area contributed by atoms with Gasteiger partial charge in [0.05, 0.1) is 4.47 Å². The van der Waals surface area contributed by atoms with Gasteiger partial charge in [0.15, 0.2) is 16.3 Å². The lowest BCUT2D eigenvalue weighted by Gasteiger charge is -2.05. The van der Waals surface area contributed by atoms with Crippen LogP contribution in [0.5, 0.6) is 0 Å². The second kappa shape index (κ2) is 5.08. The van der Waals surface area contributed by atoms with E-state index in [2.05, 4.69) is 55.7 Å². The third-order valence-electron chi connectivity index (χ3n) is 2.17. The monoisotopic (exact) mass is 378 g/mol. The average molecular weight is 380 g/mol. The first-order chi connectivity index (χ1) is 7.97. The van der Waals surface area contributed by atoms with Gasteiger partial charge >= 0.3 is 0 Å². The van der Waals surface area contributed by atoms with E-state index in [9.17, 15) is 0 Å². The molecule has 0 atom stereocenters. The van der Waals surface area contributed by atoms with E-state index in [1.165, 1.54) is 0 Å². The summed E-state index contributed by atoms with van der Waals surface area (Å²) in [5.41, 5.74) is 0.892. The molecule has 0 bridgehead atoms. The average Bonchev–Trinajstić information content (AvgIpc) is 2.58. The van der Waals surface area contributed by atoms with Gasteiger partial charge in [-0.1, -0.05) is 25.4 Å². The number of halogens is 3. The molecule has 0 saturated heterocycles. The molecule has 0 unspecified atom stereocenters. The standard InChI is InChI=1S/C11H9Br2ClN2O/c1-5(2)7-4-9(14)16-11(15-7)8-3-6(12)10(13)17-8/h3-5H,1-2H3. The number of aromatic nitrogens is 2. The Balaban J connectivity index is 2.51. The van der Waals surface area contributed by atoms with Crippen LogP contribution in [-0.2, 0) is 0 Å². The molecule has 0 spiro atoms. The summed E-state index contributed by atoms with van der Waals surface area (Å²) < 4.78 is 6.91. The van der Waals surface area contributed by atoms with Crippen molar-refractivity contribution in [1.29, 1.82) is 0 Å². The van der Waals surface area contributed by atoms with Crippen molar-refractivity contribution in [3.05, 3.63) is 32.1 Å². The van der Waals surface area contributed by atoms with Crippen molar-refractivity contribution in [2.24, 2.45) is 0 Å². The summed E-state index contributed by atoms with van der Waals surface area (Å²) in [6, 6.07) is 3.57. The Kier molecular flexibility index (Phi) is 3.90. The molecule has 0 aliphatic rings. The molecule has 0 radical (unpaired) electrons. The molecule has 0 amide bonds. The second-order valence-corrected chi connectivity index (χ2v) is 5.79. The summed E-state index contributed by atoms with van der Waals surface area (Å²) in [4.78, 5) is 8.59. The molecule has 17 heavy (non-hydrogen) atoms. The van der Waals surface area contributed by atoms with Crippen LogP contribution in [0.3, 0.4) is 0 Å². The Labute approximate surface area is 121 Å². The maximum Gasteiger partial charge on any atom is 0.197 e. The second-order valence-electron chi connectivity index (χ2n) is 3.83. The maximum atomic E-state index is 5.97. The first kappa shape index (κ1) is 13.1. The Bertz CT molecular complexity index is 535. The molecular formula is C11H9Br2ClN2O. The quantitative estimate of drug-likeness (QED) is 0.685. The zero-order valence-electron chi connectivity index (χ0n) is 9.17. The molecule has 0 aromatic carbocycles. The van der Waals surface area contributed by atoms with Gasteiger partial charge in [-0.15, -0.1) is 0 Å². The van der Waals surface area contributed by atoms with Crippen molar-refractivity contribution in [3.8, 4) is 11.6 Å². The molecule has 2 heterocycles. The van der Waals surface area contributed by atoms with Crippen molar-refractivity contribution < 1.29 is 4.42 Å². The van der Waals surface area contributed by atoms with Crippen molar-refractivity contribution in [2.45, 2.75) is 19.8 Å². The molecule has 90 valence electrons. The van der Waals surface area contributed by atoms with Gasteiger partial charge in [-0.3, -0.25) is 0 Å². The molecule has 3 nitrogen and oxygen atoms in total. The lowest BCUT2D eigenvalue weighted by molar-refractivity contribution is 0.548. The number of hydrogen-bond acceptors (Lipinski definition) is 3. The zero-order valence-corrected chi connectivity index (χ0v) is 13.1. The van der Waals surface area contributed by atoms with E-state index in [0.717, 1.165) is 10.2 Å². The van der Waals surface area contributed by atoms with Crippen LogP contribution in [0.2, 0.25) is 5.15 Å². The largest absolute Gasteiger partial charge is 0.445 e. The molecular weight excluding hydrogens is 371 g/mol. The summed E-state index contributed by atoms with van der Waals surface area (Å²) in [6.45, 7) is 4.10. The smallest absolute Gasteiger partial charge is 0.197 e. The van der Waals surface area contributed by atoms with Gasteiger partial charge in [-0.2, -0.15) is 0 Å². The minimum atomic E-state index is 0.288. The van der Waals surface area contributed by atoms with Crippen LogP contribution in [0.4, 0.5) is 0 Å². The number of rotatable bonds is 2. The maximum absolute atomic E-state index is 5.97.